The highest BCUT2D eigenvalue weighted by atomic mass is 35.5. The van der Waals surface area contributed by atoms with Crippen LogP contribution in [0.25, 0.3) is 22.1 Å². The molecule has 5 rings (SSSR count). The van der Waals surface area contributed by atoms with Crippen LogP contribution in [0.15, 0.2) is 34.9 Å². The van der Waals surface area contributed by atoms with Crippen LogP contribution in [0, 0.1) is 0 Å². The number of rotatable bonds is 1. The Morgan fingerprint density at radius 2 is 2.17 bits per heavy atom. The number of fused-ring (bicyclic) bond motifs is 4. The van der Waals surface area contributed by atoms with Gasteiger partial charge in [-0.05, 0) is 30.8 Å². The maximum atomic E-state index is 6.13. The summed E-state index contributed by atoms with van der Waals surface area (Å²) in [5.41, 5.74) is 8.13. The van der Waals surface area contributed by atoms with Crippen molar-refractivity contribution >= 4 is 45.4 Å². The largest absolute Gasteiger partial charge is 0.450 e. The molecular formula is C17H16ClN5O. The van der Waals surface area contributed by atoms with Crippen LogP contribution in [0.5, 0.6) is 0 Å². The normalized spacial score (nSPS) is 20.3. The Kier molecular flexibility index (Phi) is 2.91. The predicted octanol–water partition coefficient (Wildman–Crippen LogP) is 3.02. The first-order valence-corrected chi connectivity index (χ1v) is 8.39. The SMILES string of the molecule is Nc1nc(N2CCN3C=CCC3C2)c2oc3ccc(Cl)cc3c2n1. The van der Waals surface area contributed by atoms with Crippen LogP contribution in [0.1, 0.15) is 6.42 Å². The molecule has 0 spiro atoms. The van der Waals surface area contributed by atoms with Crippen molar-refractivity contribution in [3.05, 3.63) is 35.5 Å². The maximum Gasteiger partial charge on any atom is 0.222 e. The second-order valence-corrected chi connectivity index (χ2v) is 6.72. The van der Waals surface area contributed by atoms with Crippen molar-refractivity contribution in [2.24, 2.45) is 0 Å². The van der Waals surface area contributed by atoms with Gasteiger partial charge in [-0.2, -0.15) is 4.98 Å². The highest BCUT2D eigenvalue weighted by Gasteiger charge is 2.30. The summed E-state index contributed by atoms with van der Waals surface area (Å²) >= 11 is 6.13. The zero-order chi connectivity index (χ0) is 16.3. The van der Waals surface area contributed by atoms with Crippen LogP contribution < -0.4 is 10.6 Å². The molecule has 2 N–H and O–H groups in total. The minimum Gasteiger partial charge on any atom is -0.450 e. The first-order chi connectivity index (χ1) is 11.7. The maximum absolute atomic E-state index is 6.13. The quantitative estimate of drug-likeness (QED) is 0.733. The standard InChI is InChI=1S/C17H16ClN5O/c18-10-3-4-13-12(8-10)14-15(24-13)16(21-17(19)20-14)23-7-6-22-5-1-2-11(22)9-23/h1,3-5,8,11H,2,6-7,9H2,(H2,19,20,21). The Labute approximate surface area is 143 Å². The van der Waals surface area contributed by atoms with Gasteiger partial charge in [0, 0.05) is 36.1 Å². The van der Waals surface area contributed by atoms with Crippen LogP contribution in [0.3, 0.4) is 0 Å². The average molecular weight is 342 g/mol. The minimum atomic E-state index is 0.257. The van der Waals surface area contributed by atoms with E-state index in [1.807, 2.05) is 18.2 Å². The fourth-order valence-corrected chi connectivity index (χ4v) is 3.83. The summed E-state index contributed by atoms with van der Waals surface area (Å²) in [6, 6.07) is 6.02. The smallest absolute Gasteiger partial charge is 0.222 e. The van der Waals surface area contributed by atoms with Gasteiger partial charge in [-0.3, -0.25) is 0 Å². The summed E-state index contributed by atoms with van der Waals surface area (Å²) in [5, 5.41) is 1.52. The molecule has 0 amide bonds. The number of halogens is 1. The van der Waals surface area contributed by atoms with Crippen molar-refractivity contribution in [2.75, 3.05) is 30.3 Å². The van der Waals surface area contributed by atoms with Crippen LogP contribution in [-0.2, 0) is 0 Å². The second-order valence-electron chi connectivity index (χ2n) is 6.28. The van der Waals surface area contributed by atoms with Gasteiger partial charge in [0.15, 0.2) is 11.4 Å². The molecule has 3 aromatic rings. The van der Waals surface area contributed by atoms with Gasteiger partial charge < -0.3 is 20.0 Å². The highest BCUT2D eigenvalue weighted by Crippen LogP contribution is 2.35. The van der Waals surface area contributed by atoms with Crippen LogP contribution in [-0.4, -0.2) is 40.5 Å². The van der Waals surface area contributed by atoms with E-state index in [-0.39, 0.29) is 5.95 Å². The molecule has 1 unspecified atom stereocenters. The van der Waals surface area contributed by atoms with E-state index in [9.17, 15) is 0 Å². The summed E-state index contributed by atoms with van der Waals surface area (Å²) in [5.74, 6) is 1.03. The number of benzene rings is 1. The van der Waals surface area contributed by atoms with Gasteiger partial charge in [-0.1, -0.05) is 17.7 Å². The van der Waals surface area contributed by atoms with Crippen molar-refractivity contribution in [3.63, 3.8) is 0 Å². The summed E-state index contributed by atoms with van der Waals surface area (Å²) in [7, 11) is 0. The molecular weight excluding hydrogens is 326 g/mol. The Balaban J connectivity index is 1.66. The monoisotopic (exact) mass is 341 g/mol. The number of anilines is 2. The zero-order valence-electron chi connectivity index (χ0n) is 12.9. The Morgan fingerprint density at radius 1 is 1.25 bits per heavy atom. The van der Waals surface area contributed by atoms with Gasteiger partial charge in [0.2, 0.25) is 5.95 Å². The van der Waals surface area contributed by atoms with Gasteiger partial charge >= 0.3 is 0 Å². The molecule has 0 radical (unpaired) electrons. The van der Waals surface area contributed by atoms with Crippen molar-refractivity contribution in [1.82, 2.24) is 14.9 Å². The number of nitrogen functional groups attached to an aromatic ring is 1. The molecule has 1 saturated heterocycles. The van der Waals surface area contributed by atoms with E-state index in [1.54, 1.807) is 0 Å². The molecule has 2 aromatic heterocycles. The zero-order valence-corrected chi connectivity index (χ0v) is 13.7. The molecule has 24 heavy (non-hydrogen) atoms. The number of hydrogen-bond acceptors (Lipinski definition) is 6. The van der Waals surface area contributed by atoms with Gasteiger partial charge in [-0.25, -0.2) is 4.98 Å². The van der Waals surface area contributed by atoms with E-state index in [1.165, 1.54) is 0 Å². The van der Waals surface area contributed by atoms with E-state index in [2.05, 4.69) is 32.0 Å². The molecule has 0 bridgehead atoms. The number of nitrogens with zero attached hydrogens (tertiary/aromatic N) is 4. The number of piperazine rings is 1. The molecule has 1 atom stereocenters. The highest BCUT2D eigenvalue weighted by molar-refractivity contribution is 6.31. The summed E-state index contributed by atoms with van der Waals surface area (Å²) in [6.45, 7) is 2.75. The first-order valence-electron chi connectivity index (χ1n) is 8.02. The van der Waals surface area contributed by atoms with Crippen molar-refractivity contribution in [1.29, 1.82) is 0 Å². The summed E-state index contributed by atoms with van der Waals surface area (Å²) < 4.78 is 6.05. The van der Waals surface area contributed by atoms with Crippen LogP contribution in [0.2, 0.25) is 5.02 Å². The van der Waals surface area contributed by atoms with Gasteiger partial charge in [-0.15, -0.1) is 0 Å². The molecule has 2 aliphatic rings. The second kappa shape index (κ2) is 5.01. The lowest BCUT2D eigenvalue weighted by molar-refractivity contribution is 0.270. The molecule has 6 nitrogen and oxygen atoms in total. The molecule has 0 saturated carbocycles. The predicted molar refractivity (Wildman–Crippen MR) is 95.2 cm³/mol. The summed E-state index contributed by atoms with van der Waals surface area (Å²) in [6.07, 6.45) is 5.48. The third-order valence-electron chi connectivity index (χ3n) is 4.81. The topological polar surface area (TPSA) is 71.4 Å². The lowest BCUT2D eigenvalue weighted by Crippen LogP contribution is -2.49. The molecule has 7 heteroatoms. The molecule has 0 aliphatic carbocycles. The molecule has 122 valence electrons. The number of aromatic nitrogens is 2. The van der Waals surface area contributed by atoms with Crippen molar-refractivity contribution < 1.29 is 4.42 Å². The molecule has 2 aliphatic heterocycles. The molecule has 1 aromatic carbocycles. The fraction of sp³-hybridized carbons (Fsp3) is 0.294. The van der Waals surface area contributed by atoms with Gasteiger partial charge in [0.25, 0.3) is 0 Å². The van der Waals surface area contributed by atoms with Crippen LogP contribution in [0.4, 0.5) is 11.8 Å². The third-order valence-corrected chi connectivity index (χ3v) is 5.04. The van der Waals surface area contributed by atoms with E-state index in [0.29, 0.717) is 16.6 Å². The summed E-state index contributed by atoms with van der Waals surface area (Å²) in [4.78, 5) is 13.5. The number of hydrogen-bond donors (Lipinski definition) is 1. The number of nitrogens with two attached hydrogens (primary N) is 1. The average Bonchev–Trinajstić information content (AvgIpc) is 3.18. The lowest BCUT2D eigenvalue weighted by Gasteiger charge is -2.38. The van der Waals surface area contributed by atoms with E-state index < -0.39 is 0 Å². The van der Waals surface area contributed by atoms with E-state index in [0.717, 1.165) is 48.4 Å². The van der Waals surface area contributed by atoms with E-state index in [4.69, 9.17) is 21.8 Å². The Bertz CT molecular complexity index is 982. The van der Waals surface area contributed by atoms with Crippen LogP contribution >= 0.6 is 11.6 Å². The molecule has 4 heterocycles. The fourth-order valence-electron chi connectivity index (χ4n) is 3.65. The van der Waals surface area contributed by atoms with Crippen molar-refractivity contribution in [3.8, 4) is 0 Å². The van der Waals surface area contributed by atoms with Crippen molar-refractivity contribution in [2.45, 2.75) is 12.5 Å². The number of furan rings is 1. The van der Waals surface area contributed by atoms with Gasteiger partial charge in [0.1, 0.15) is 11.1 Å². The first kappa shape index (κ1) is 13.9. The van der Waals surface area contributed by atoms with E-state index >= 15 is 0 Å². The minimum absolute atomic E-state index is 0.257. The Hall–Kier alpha value is -2.47. The molecule has 1 fully saturated rings. The Morgan fingerprint density at radius 3 is 3.08 bits per heavy atom. The third kappa shape index (κ3) is 2.03. The lowest BCUT2D eigenvalue weighted by atomic mass is 10.1. The van der Waals surface area contributed by atoms with Gasteiger partial charge in [0.05, 0.1) is 0 Å².